The van der Waals surface area contributed by atoms with Crippen LogP contribution in [-0.2, 0) is 14.3 Å². The summed E-state index contributed by atoms with van der Waals surface area (Å²) in [6, 6.07) is 0. The van der Waals surface area contributed by atoms with Crippen molar-refractivity contribution in [1.82, 2.24) is 0 Å². The molecule has 0 aromatic rings. The lowest BCUT2D eigenvalue weighted by atomic mass is 9.60. The first-order valence-corrected chi connectivity index (χ1v) is 6.40. The van der Waals surface area contributed by atoms with Crippen molar-refractivity contribution in [2.45, 2.75) is 38.9 Å². The van der Waals surface area contributed by atoms with Crippen molar-refractivity contribution < 1.29 is 19.4 Å². The van der Waals surface area contributed by atoms with Gasteiger partial charge in [-0.25, -0.2) is 0 Å². The van der Waals surface area contributed by atoms with Crippen LogP contribution < -0.4 is 0 Å². The number of hydrogen-bond donors (Lipinski definition) is 1. The summed E-state index contributed by atoms with van der Waals surface area (Å²) in [5.41, 5.74) is -0.161. The van der Waals surface area contributed by atoms with E-state index in [4.69, 9.17) is 9.47 Å². The standard InChI is InChI=1S/C13H22O4/c1-12(2)11(3-4-14)7-10(9-15)8-13(12)16-5-6-17-13/h9-11,14H,3-8H2,1-2H3/t10?,11-/m1/s1. The molecule has 2 aliphatic rings. The lowest BCUT2D eigenvalue weighted by molar-refractivity contribution is -0.270. The number of carbonyl (C=O) groups excluding carboxylic acids is 1. The second-order valence-electron chi connectivity index (χ2n) is 5.72. The van der Waals surface area contributed by atoms with Crippen molar-refractivity contribution in [3.8, 4) is 0 Å². The normalized spacial score (nSPS) is 35.0. The number of aliphatic hydroxyl groups excluding tert-OH is 1. The number of ether oxygens (including phenoxy) is 2. The zero-order valence-corrected chi connectivity index (χ0v) is 10.6. The minimum atomic E-state index is -0.628. The van der Waals surface area contributed by atoms with Gasteiger partial charge in [0.25, 0.3) is 0 Å². The molecule has 0 amide bonds. The van der Waals surface area contributed by atoms with Crippen LogP contribution in [0.1, 0.15) is 33.1 Å². The summed E-state index contributed by atoms with van der Waals surface area (Å²) in [4.78, 5) is 11.1. The minimum absolute atomic E-state index is 0.0160. The Morgan fingerprint density at radius 2 is 2.00 bits per heavy atom. The molecule has 98 valence electrons. The molecule has 1 N–H and O–H groups in total. The van der Waals surface area contributed by atoms with Crippen LogP contribution in [0.4, 0.5) is 0 Å². The van der Waals surface area contributed by atoms with Gasteiger partial charge in [-0.15, -0.1) is 0 Å². The van der Waals surface area contributed by atoms with Gasteiger partial charge in [-0.1, -0.05) is 13.8 Å². The molecule has 2 atom stereocenters. The van der Waals surface area contributed by atoms with Gasteiger partial charge in [-0.2, -0.15) is 0 Å². The second-order valence-corrected chi connectivity index (χ2v) is 5.72. The van der Waals surface area contributed by atoms with E-state index in [0.717, 1.165) is 12.7 Å². The van der Waals surface area contributed by atoms with Crippen LogP contribution in [0, 0.1) is 17.3 Å². The first-order valence-electron chi connectivity index (χ1n) is 6.40. The van der Waals surface area contributed by atoms with E-state index < -0.39 is 5.79 Å². The Bertz CT molecular complexity index is 281. The van der Waals surface area contributed by atoms with Crippen LogP contribution in [0.25, 0.3) is 0 Å². The average molecular weight is 242 g/mol. The quantitative estimate of drug-likeness (QED) is 0.759. The van der Waals surface area contributed by atoms with Crippen molar-refractivity contribution in [2.24, 2.45) is 17.3 Å². The molecule has 1 unspecified atom stereocenters. The summed E-state index contributed by atoms with van der Waals surface area (Å²) in [5.74, 6) is -0.386. The highest BCUT2D eigenvalue weighted by Gasteiger charge is 2.57. The lowest BCUT2D eigenvalue weighted by Gasteiger charge is -2.52. The third kappa shape index (κ3) is 2.02. The Labute approximate surface area is 102 Å². The van der Waals surface area contributed by atoms with Gasteiger partial charge >= 0.3 is 0 Å². The zero-order chi connectivity index (χ0) is 12.5. The smallest absolute Gasteiger partial charge is 0.174 e. The molecule has 2 fully saturated rings. The van der Waals surface area contributed by atoms with Gasteiger partial charge in [0.05, 0.1) is 13.2 Å². The maximum Gasteiger partial charge on any atom is 0.174 e. The Balaban J connectivity index is 2.26. The summed E-state index contributed by atoms with van der Waals surface area (Å²) < 4.78 is 11.7. The van der Waals surface area contributed by atoms with E-state index in [1.54, 1.807) is 0 Å². The van der Waals surface area contributed by atoms with Crippen LogP contribution in [0.3, 0.4) is 0 Å². The van der Waals surface area contributed by atoms with Crippen molar-refractivity contribution >= 4 is 6.29 Å². The van der Waals surface area contributed by atoms with Crippen LogP contribution >= 0.6 is 0 Å². The summed E-state index contributed by atoms with van der Waals surface area (Å²) in [7, 11) is 0. The Hall–Kier alpha value is -0.450. The van der Waals surface area contributed by atoms with E-state index in [2.05, 4.69) is 13.8 Å². The van der Waals surface area contributed by atoms with E-state index in [-0.39, 0.29) is 23.9 Å². The van der Waals surface area contributed by atoms with Gasteiger partial charge in [0, 0.05) is 24.4 Å². The molecule has 4 nitrogen and oxygen atoms in total. The number of carbonyl (C=O) groups is 1. The molecule has 1 saturated carbocycles. The summed E-state index contributed by atoms with van der Waals surface area (Å²) in [6.07, 6.45) is 3.18. The average Bonchev–Trinajstić information content (AvgIpc) is 2.75. The predicted octanol–water partition coefficient (Wildman–Crippen LogP) is 1.36. The van der Waals surface area contributed by atoms with Gasteiger partial charge in [0.15, 0.2) is 5.79 Å². The fourth-order valence-corrected chi connectivity index (χ4v) is 3.35. The molecule has 1 heterocycles. The fourth-order valence-electron chi connectivity index (χ4n) is 3.35. The summed E-state index contributed by atoms with van der Waals surface area (Å²) >= 11 is 0. The van der Waals surface area contributed by atoms with Crippen molar-refractivity contribution in [3.63, 3.8) is 0 Å². The van der Waals surface area contributed by atoms with E-state index in [0.29, 0.717) is 26.1 Å². The molecule has 1 spiro atoms. The molecule has 17 heavy (non-hydrogen) atoms. The maximum absolute atomic E-state index is 11.1. The monoisotopic (exact) mass is 242 g/mol. The van der Waals surface area contributed by atoms with E-state index in [1.165, 1.54) is 0 Å². The third-order valence-electron chi connectivity index (χ3n) is 4.54. The van der Waals surface area contributed by atoms with Crippen molar-refractivity contribution in [2.75, 3.05) is 19.8 Å². The highest BCUT2D eigenvalue weighted by atomic mass is 16.7. The third-order valence-corrected chi connectivity index (χ3v) is 4.54. The molecular formula is C13H22O4. The maximum atomic E-state index is 11.1. The number of rotatable bonds is 3. The molecule has 0 aromatic heterocycles. The highest BCUT2D eigenvalue weighted by Crippen LogP contribution is 2.54. The molecule has 0 aromatic carbocycles. The van der Waals surface area contributed by atoms with Crippen LogP contribution in [-0.4, -0.2) is 37.0 Å². The molecule has 0 bridgehead atoms. The molecular weight excluding hydrogens is 220 g/mol. The minimum Gasteiger partial charge on any atom is -0.396 e. The first-order chi connectivity index (χ1) is 8.05. The second kappa shape index (κ2) is 4.67. The van der Waals surface area contributed by atoms with Crippen LogP contribution in [0.5, 0.6) is 0 Å². The Morgan fingerprint density at radius 1 is 1.35 bits per heavy atom. The molecule has 1 aliphatic carbocycles. The summed E-state index contributed by atoms with van der Waals surface area (Å²) in [5, 5.41) is 9.17. The number of aldehydes is 1. The van der Waals surface area contributed by atoms with Gasteiger partial charge < -0.3 is 19.4 Å². The van der Waals surface area contributed by atoms with Gasteiger partial charge in [0.2, 0.25) is 0 Å². The molecule has 2 rings (SSSR count). The molecule has 4 heteroatoms. The van der Waals surface area contributed by atoms with E-state index >= 15 is 0 Å². The molecule has 0 radical (unpaired) electrons. The predicted molar refractivity (Wildman–Crippen MR) is 62.4 cm³/mol. The first kappa shape index (κ1) is 13.0. The van der Waals surface area contributed by atoms with Gasteiger partial charge in [-0.3, -0.25) is 0 Å². The SMILES string of the molecule is CC1(C)[C@H](CCO)CC(C=O)CC12OCCO2. The van der Waals surface area contributed by atoms with Gasteiger partial charge in [0.1, 0.15) is 6.29 Å². The number of aliphatic hydroxyl groups is 1. The van der Waals surface area contributed by atoms with Gasteiger partial charge in [-0.05, 0) is 18.8 Å². The largest absolute Gasteiger partial charge is 0.396 e. The molecule has 1 aliphatic heterocycles. The van der Waals surface area contributed by atoms with Crippen LogP contribution in [0.15, 0.2) is 0 Å². The van der Waals surface area contributed by atoms with Crippen molar-refractivity contribution in [1.29, 1.82) is 0 Å². The van der Waals surface area contributed by atoms with E-state index in [9.17, 15) is 9.90 Å². The topological polar surface area (TPSA) is 55.8 Å². The Morgan fingerprint density at radius 3 is 2.53 bits per heavy atom. The van der Waals surface area contributed by atoms with Crippen molar-refractivity contribution in [3.05, 3.63) is 0 Å². The number of hydrogen-bond acceptors (Lipinski definition) is 4. The van der Waals surface area contributed by atoms with E-state index in [1.807, 2.05) is 0 Å². The Kier molecular flexibility index (Phi) is 3.57. The highest BCUT2D eigenvalue weighted by molar-refractivity contribution is 5.54. The lowest BCUT2D eigenvalue weighted by Crippen LogP contribution is -2.55. The van der Waals surface area contributed by atoms with Crippen LogP contribution in [0.2, 0.25) is 0 Å². The molecule has 1 saturated heterocycles. The summed E-state index contributed by atoms with van der Waals surface area (Å²) in [6.45, 7) is 5.59. The fraction of sp³-hybridized carbons (Fsp3) is 0.923. The zero-order valence-electron chi connectivity index (χ0n) is 10.6.